The number of fused-ring (bicyclic) bond motifs is 1. The molecule has 2 aromatic rings. The van der Waals surface area contributed by atoms with Crippen LogP contribution in [0.5, 0.6) is 0 Å². The molecule has 5 nitrogen and oxygen atoms in total. The molecule has 1 N–H and O–H groups in total. The Labute approximate surface area is 149 Å². The quantitative estimate of drug-likeness (QED) is 0.909. The minimum Gasteiger partial charge on any atom is -0.373 e. The van der Waals surface area contributed by atoms with Crippen LogP contribution < -0.4 is 5.32 Å². The van der Waals surface area contributed by atoms with Crippen molar-refractivity contribution >= 4 is 5.82 Å². The highest BCUT2D eigenvalue weighted by Gasteiger charge is 2.40. The van der Waals surface area contributed by atoms with Crippen molar-refractivity contribution in [1.82, 2.24) is 19.9 Å². The molecular weight excluding hydrogens is 310 g/mol. The molecule has 25 heavy (non-hydrogen) atoms. The number of nitrogens with one attached hydrogen (secondary N) is 1. The van der Waals surface area contributed by atoms with E-state index in [0.717, 1.165) is 42.4 Å². The minimum absolute atomic E-state index is 0.726. The third kappa shape index (κ3) is 3.66. The number of hydrogen-bond acceptors (Lipinski definition) is 5. The molecule has 1 aliphatic carbocycles. The van der Waals surface area contributed by atoms with E-state index in [0.29, 0.717) is 0 Å². The molecule has 3 heterocycles. The van der Waals surface area contributed by atoms with E-state index in [9.17, 15) is 0 Å². The molecule has 132 valence electrons. The van der Waals surface area contributed by atoms with Crippen LogP contribution in [0.15, 0.2) is 36.8 Å². The first-order valence-electron chi connectivity index (χ1n) is 9.43. The van der Waals surface area contributed by atoms with Crippen LogP contribution in [0.4, 0.5) is 5.82 Å². The summed E-state index contributed by atoms with van der Waals surface area (Å²) in [6.45, 7) is 3.40. The SMILES string of the molecule is CNc1ncccc1CN1C[C@H]2CCC[C@H](Cc3ncccn3)[C@H]2C1. The van der Waals surface area contributed by atoms with Gasteiger partial charge in [0, 0.05) is 57.3 Å². The third-order valence-electron chi connectivity index (χ3n) is 5.91. The number of hydrogen-bond donors (Lipinski definition) is 1. The Kier molecular flexibility index (Phi) is 4.92. The summed E-state index contributed by atoms with van der Waals surface area (Å²) in [7, 11) is 1.95. The van der Waals surface area contributed by atoms with Crippen molar-refractivity contribution in [2.45, 2.75) is 32.2 Å². The van der Waals surface area contributed by atoms with Crippen molar-refractivity contribution in [3.8, 4) is 0 Å². The van der Waals surface area contributed by atoms with Crippen LogP contribution in [0.1, 0.15) is 30.7 Å². The fourth-order valence-electron chi connectivity index (χ4n) is 4.77. The Bertz CT molecular complexity index is 689. The molecule has 1 saturated heterocycles. The van der Waals surface area contributed by atoms with E-state index in [4.69, 9.17) is 0 Å². The highest BCUT2D eigenvalue weighted by molar-refractivity contribution is 5.42. The highest BCUT2D eigenvalue weighted by Crippen LogP contribution is 2.41. The van der Waals surface area contributed by atoms with Crippen molar-refractivity contribution in [1.29, 1.82) is 0 Å². The Morgan fingerprint density at radius 3 is 2.76 bits per heavy atom. The predicted octanol–water partition coefficient (Wildman–Crippen LogP) is 3.00. The fourth-order valence-corrected chi connectivity index (χ4v) is 4.77. The van der Waals surface area contributed by atoms with Crippen LogP contribution in [0.3, 0.4) is 0 Å². The lowest BCUT2D eigenvalue weighted by molar-refractivity contribution is 0.194. The van der Waals surface area contributed by atoms with E-state index in [2.05, 4.69) is 31.2 Å². The van der Waals surface area contributed by atoms with Crippen molar-refractivity contribution in [3.63, 3.8) is 0 Å². The van der Waals surface area contributed by atoms with Gasteiger partial charge >= 0.3 is 0 Å². The second-order valence-electron chi connectivity index (χ2n) is 7.44. The number of nitrogens with zero attached hydrogens (tertiary/aromatic N) is 4. The molecular formula is C20H27N5. The molecule has 2 aliphatic rings. The lowest BCUT2D eigenvalue weighted by Gasteiger charge is -2.32. The van der Waals surface area contributed by atoms with E-state index >= 15 is 0 Å². The van der Waals surface area contributed by atoms with Gasteiger partial charge in [0.05, 0.1) is 0 Å². The maximum absolute atomic E-state index is 4.46. The number of rotatable bonds is 5. The maximum Gasteiger partial charge on any atom is 0.130 e. The average molecular weight is 337 g/mol. The topological polar surface area (TPSA) is 53.9 Å². The summed E-state index contributed by atoms with van der Waals surface area (Å²) in [4.78, 5) is 16.0. The van der Waals surface area contributed by atoms with Gasteiger partial charge in [0.1, 0.15) is 11.6 Å². The molecule has 0 unspecified atom stereocenters. The number of anilines is 1. The molecule has 0 amide bonds. The molecule has 0 spiro atoms. The van der Waals surface area contributed by atoms with Crippen LogP contribution >= 0.6 is 0 Å². The Balaban J connectivity index is 1.43. The first-order valence-corrected chi connectivity index (χ1v) is 9.43. The van der Waals surface area contributed by atoms with E-state index < -0.39 is 0 Å². The molecule has 0 aromatic carbocycles. The first-order chi connectivity index (χ1) is 12.3. The van der Waals surface area contributed by atoms with Gasteiger partial charge in [-0.2, -0.15) is 0 Å². The molecule has 0 bridgehead atoms. The fraction of sp³-hybridized carbons (Fsp3) is 0.550. The molecule has 0 radical (unpaired) electrons. The number of likely N-dealkylation sites (tertiary alicyclic amines) is 1. The van der Waals surface area contributed by atoms with Crippen LogP contribution in [0, 0.1) is 17.8 Å². The molecule has 2 aromatic heterocycles. The van der Waals surface area contributed by atoms with Crippen LogP contribution in [0.25, 0.3) is 0 Å². The largest absolute Gasteiger partial charge is 0.373 e. The summed E-state index contributed by atoms with van der Waals surface area (Å²) in [5.74, 6) is 4.36. The summed E-state index contributed by atoms with van der Waals surface area (Å²) in [6, 6.07) is 6.13. The van der Waals surface area contributed by atoms with E-state index in [1.807, 2.05) is 37.8 Å². The summed E-state index contributed by atoms with van der Waals surface area (Å²) < 4.78 is 0. The minimum atomic E-state index is 0.726. The Morgan fingerprint density at radius 1 is 1.08 bits per heavy atom. The Morgan fingerprint density at radius 2 is 1.92 bits per heavy atom. The number of pyridine rings is 1. The average Bonchev–Trinajstić information content (AvgIpc) is 3.07. The van der Waals surface area contributed by atoms with E-state index in [1.54, 1.807) is 0 Å². The van der Waals surface area contributed by atoms with Gasteiger partial charge < -0.3 is 5.32 Å². The van der Waals surface area contributed by atoms with Gasteiger partial charge in [-0.25, -0.2) is 15.0 Å². The zero-order valence-corrected chi connectivity index (χ0v) is 14.9. The first kappa shape index (κ1) is 16.5. The van der Waals surface area contributed by atoms with Crippen molar-refractivity contribution < 1.29 is 0 Å². The summed E-state index contributed by atoms with van der Waals surface area (Å²) in [5.41, 5.74) is 1.30. The van der Waals surface area contributed by atoms with Gasteiger partial charge in [-0.1, -0.05) is 12.5 Å². The van der Waals surface area contributed by atoms with E-state index in [1.165, 1.54) is 37.9 Å². The molecule has 2 fully saturated rings. The second-order valence-corrected chi connectivity index (χ2v) is 7.44. The summed E-state index contributed by atoms with van der Waals surface area (Å²) >= 11 is 0. The molecule has 4 rings (SSSR count). The van der Waals surface area contributed by atoms with Gasteiger partial charge in [0.25, 0.3) is 0 Å². The standard InChI is InChI=1S/C20H27N5/c1-21-20-17(7-3-8-24-20)13-25-12-16-6-2-5-15(18(16)14-25)11-19-22-9-4-10-23-19/h3-4,7-10,15-16,18H,2,5-6,11-14H2,1H3,(H,21,24)/t15-,16-,18-/m1/s1. The van der Waals surface area contributed by atoms with Gasteiger partial charge in [-0.3, -0.25) is 4.90 Å². The summed E-state index contributed by atoms with van der Waals surface area (Å²) in [6.07, 6.45) is 10.7. The second kappa shape index (κ2) is 7.48. The molecule has 5 heteroatoms. The lowest BCUT2D eigenvalue weighted by Crippen LogP contribution is -2.29. The molecule has 3 atom stereocenters. The smallest absolute Gasteiger partial charge is 0.130 e. The normalized spacial score (nSPS) is 26.4. The van der Waals surface area contributed by atoms with Crippen LogP contribution in [0.2, 0.25) is 0 Å². The maximum atomic E-state index is 4.46. The van der Waals surface area contributed by atoms with Gasteiger partial charge in [0.15, 0.2) is 0 Å². The van der Waals surface area contributed by atoms with Gasteiger partial charge in [-0.05, 0) is 42.7 Å². The third-order valence-corrected chi connectivity index (χ3v) is 5.91. The number of aromatic nitrogens is 3. The van der Waals surface area contributed by atoms with Crippen molar-refractivity contribution in [3.05, 3.63) is 48.2 Å². The predicted molar refractivity (Wildman–Crippen MR) is 99.1 cm³/mol. The van der Waals surface area contributed by atoms with Crippen molar-refractivity contribution in [2.24, 2.45) is 17.8 Å². The van der Waals surface area contributed by atoms with Crippen LogP contribution in [-0.2, 0) is 13.0 Å². The lowest BCUT2D eigenvalue weighted by atomic mass is 9.72. The molecule has 1 aliphatic heterocycles. The molecule has 1 saturated carbocycles. The van der Waals surface area contributed by atoms with E-state index in [-0.39, 0.29) is 0 Å². The van der Waals surface area contributed by atoms with Gasteiger partial charge in [0.2, 0.25) is 0 Å². The monoisotopic (exact) mass is 337 g/mol. The zero-order chi connectivity index (χ0) is 17.1. The van der Waals surface area contributed by atoms with Gasteiger partial charge in [-0.15, -0.1) is 0 Å². The van der Waals surface area contributed by atoms with Crippen LogP contribution in [-0.4, -0.2) is 40.0 Å². The van der Waals surface area contributed by atoms with Crippen molar-refractivity contribution in [2.75, 3.05) is 25.5 Å². The summed E-state index contributed by atoms with van der Waals surface area (Å²) in [5, 5.41) is 3.22. The highest BCUT2D eigenvalue weighted by atomic mass is 15.2. The zero-order valence-electron chi connectivity index (χ0n) is 14.9. The Hall–Kier alpha value is -2.01.